The first-order chi connectivity index (χ1) is 10.0. The summed E-state index contributed by atoms with van der Waals surface area (Å²) in [5.74, 6) is 0.0824. The maximum atomic E-state index is 9.07. The number of nitrogens with zero attached hydrogens (tertiary/aromatic N) is 4. The number of imidazole rings is 1. The van der Waals surface area contributed by atoms with Gasteiger partial charge in [-0.3, -0.25) is 0 Å². The van der Waals surface area contributed by atoms with E-state index in [9.17, 15) is 0 Å². The monoisotopic (exact) mass is 303 g/mol. The molecule has 2 aromatic heterocycles. The summed E-state index contributed by atoms with van der Waals surface area (Å²) in [6.45, 7) is 0.505. The molecule has 0 aliphatic heterocycles. The molecule has 0 aliphatic rings. The molecule has 106 valence electrons. The number of nitrogen functional groups attached to an aromatic ring is 1. The fourth-order valence-corrected chi connectivity index (χ4v) is 2.34. The number of hydrogen-bond acceptors (Lipinski definition) is 6. The fraction of sp³-hybridized carbons (Fsp3) is 0.0833. The SMILES string of the molecule is Nc1nc(Cl)c2c(ncn2Cc2ccc(B(O)O)cc2)n1. The number of aromatic nitrogens is 4. The molecule has 0 saturated carbocycles. The number of anilines is 1. The highest BCUT2D eigenvalue weighted by molar-refractivity contribution is 6.58. The summed E-state index contributed by atoms with van der Waals surface area (Å²) in [6.07, 6.45) is 1.61. The van der Waals surface area contributed by atoms with Gasteiger partial charge in [0.2, 0.25) is 5.95 Å². The molecule has 1 aromatic carbocycles. The molecule has 4 N–H and O–H groups in total. The van der Waals surface area contributed by atoms with Crippen molar-refractivity contribution in [2.45, 2.75) is 6.54 Å². The summed E-state index contributed by atoms with van der Waals surface area (Å²) >= 11 is 6.08. The van der Waals surface area contributed by atoms with Crippen molar-refractivity contribution >= 4 is 41.3 Å². The normalized spacial score (nSPS) is 11.0. The van der Waals surface area contributed by atoms with Crippen LogP contribution in [-0.2, 0) is 6.54 Å². The van der Waals surface area contributed by atoms with Crippen LogP contribution in [0.1, 0.15) is 5.56 Å². The Bertz CT molecular complexity index is 790. The minimum Gasteiger partial charge on any atom is -0.423 e. The molecule has 0 radical (unpaired) electrons. The Hall–Kier alpha value is -2.16. The van der Waals surface area contributed by atoms with E-state index in [0.29, 0.717) is 23.2 Å². The van der Waals surface area contributed by atoms with Crippen molar-refractivity contribution in [3.05, 3.63) is 41.3 Å². The van der Waals surface area contributed by atoms with Crippen molar-refractivity contribution in [2.75, 3.05) is 5.73 Å². The standard InChI is InChI=1S/C12H11BClN5O2/c14-10-9-11(18-12(15)17-10)16-6-19(9)5-7-1-3-8(4-2-7)13(20)21/h1-4,6,20-21H,5H2,(H2,15,17,18). The molecule has 0 spiro atoms. The Morgan fingerprint density at radius 1 is 1.19 bits per heavy atom. The van der Waals surface area contributed by atoms with Crippen molar-refractivity contribution in [1.82, 2.24) is 19.5 Å². The molecule has 21 heavy (non-hydrogen) atoms. The van der Waals surface area contributed by atoms with Crippen LogP contribution < -0.4 is 11.2 Å². The quantitative estimate of drug-likeness (QED) is 0.456. The van der Waals surface area contributed by atoms with E-state index in [1.165, 1.54) is 0 Å². The molecule has 2 heterocycles. The van der Waals surface area contributed by atoms with Crippen molar-refractivity contribution in [3.63, 3.8) is 0 Å². The molecule has 3 aromatic rings. The lowest BCUT2D eigenvalue weighted by atomic mass is 9.80. The third kappa shape index (κ3) is 2.69. The van der Waals surface area contributed by atoms with Crippen LogP contribution >= 0.6 is 11.6 Å². The summed E-state index contributed by atoms with van der Waals surface area (Å²) in [5.41, 5.74) is 7.96. The van der Waals surface area contributed by atoms with Gasteiger partial charge in [0.15, 0.2) is 10.8 Å². The third-order valence-corrected chi connectivity index (χ3v) is 3.34. The van der Waals surface area contributed by atoms with Gasteiger partial charge in [0.05, 0.1) is 6.33 Å². The van der Waals surface area contributed by atoms with Gasteiger partial charge in [-0.25, -0.2) is 4.98 Å². The van der Waals surface area contributed by atoms with E-state index in [1.807, 2.05) is 4.57 Å². The predicted octanol–water partition coefficient (Wildman–Crippen LogP) is -0.210. The predicted molar refractivity (Wildman–Crippen MR) is 80.1 cm³/mol. The molecule has 0 bridgehead atoms. The molecular weight excluding hydrogens is 292 g/mol. The Labute approximate surface area is 125 Å². The van der Waals surface area contributed by atoms with Gasteiger partial charge in [0.1, 0.15) is 5.52 Å². The van der Waals surface area contributed by atoms with E-state index in [2.05, 4.69) is 15.0 Å². The largest absolute Gasteiger partial charge is 0.488 e. The van der Waals surface area contributed by atoms with Crippen LogP contribution in [0.5, 0.6) is 0 Å². The second-order valence-electron chi connectivity index (χ2n) is 4.53. The van der Waals surface area contributed by atoms with Gasteiger partial charge in [-0.2, -0.15) is 9.97 Å². The van der Waals surface area contributed by atoms with Crippen LogP contribution in [0.25, 0.3) is 11.2 Å². The second kappa shape index (κ2) is 5.32. The number of nitrogens with two attached hydrogens (primary N) is 1. The first-order valence-corrected chi connectivity index (χ1v) is 6.51. The molecule has 0 unspecified atom stereocenters. The number of hydrogen-bond donors (Lipinski definition) is 3. The first-order valence-electron chi connectivity index (χ1n) is 6.13. The minimum absolute atomic E-state index is 0.0824. The van der Waals surface area contributed by atoms with Crippen molar-refractivity contribution in [2.24, 2.45) is 0 Å². The summed E-state index contributed by atoms with van der Waals surface area (Å²) in [4.78, 5) is 12.1. The Morgan fingerprint density at radius 2 is 1.90 bits per heavy atom. The lowest BCUT2D eigenvalue weighted by Crippen LogP contribution is -2.29. The molecule has 0 amide bonds. The molecular formula is C12H11BClN5O2. The number of fused-ring (bicyclic) bond motifs is 1. The average molecular weight is 304 g/mol. The van der Waals surface area contributed by atoms with E-state index in [-0.39, 0.29) is 11.1 Å². The van der Waals surface area contributed by atoms with Crippen molar-refractivity contribution < 1.29 is 10.0 Å². The zero-order valence-electron chi connectivity index (χ0n) is 10.8. The highest BCUT2D eigenvalue weighted by atomic mass is 35.5. The van der Waals surface area contributed by atoms with Gasteiger partial charge in [-0.05, 0) is 11.0 Å². The van der Waals surface area contributed by atoms with Crippen LogP contribution in [0.15, 0.2) is 30.6 Å². The van der Waals surface area contributed by atoms with E-state index in [0.717, 1.165) is 5.56 Å². The fourth-order valence-electron chi connectivity index (χ4n) is 2.06. The van der Waals surface area contributed by atoms with Crippen LogP contribution in [0.2, 0.25) is 5.15 Å². The van der Waals surface area contributed by atoms with Crippen molar-refractivity contribution in [1.29, 1.82) is 0 Å². The summed E-state index contributed by atoms with van der Waals surface area (Å²) in [6, 6.07) is 6.89. The lowest BCUT2D eigenvalue weighted by molar-refractivity contribution is 0.426. The van der Waals surface area contributed by atoms with Crippen LogP contribution in [0.3, 0.4) is 0 Å². The van der Waals surface area contributed by atoms with Crippen molar-refractivity contribution in [3.8, 4) is 0 Å². The van der Waals surface area contributed by atoms with Gasteiger partial charge in [0, 0.05) is 6.54 Å². The highest BCUT2D eigenvalue weighted by Crippen LogP contribution is 2.21. The molecule has 0 fully saturated rings. The van der Waals surface area contributed by atoms with E-state index >= 15 is 0 Å². The Kier molecular flexibility index (Phi) is 3.50. The lowest BCUT2D eigenvalue weighted by Gasteiger charge is -2.06. The topological polar surface area (TPSA) is 110 Å². The Balaban J connectivity index is 1.95. The summed E-state index contributed by atoms with van der Waals surface area (Å²) in [5, 5.41) is 18.4. The van der Waals surface area contributed by atoms with E-state index < -0.39 is 7.12 Å². The van der Waals surface area contributed by atoms with Crippen LogP contribution in [0, 0.1) is 0 Å². The van der Waals surface area contributed by atoms with E-state index in [1.54, 1.807) is 30.6 Å². The molecule has 0 atom stereocenters. The minimum atomic E-state index is -1.47. The Morgan fingerprint density at radius 3 is 2.57 bits per heavy atom. The smallest absolute Gasteiger partial charge is 0.423 e. The van der Waals surface area contributed by atoms with Gasteiger partial charge in [0.25, 0.3) is 0 Å². The third-order valence-electron chi connectivity index (χ3n) is 3.08. The highest BCUT2D eigenvalue weighted by Gasteiger charge is 2.13. The molecule has 0 saturated heterocycles. The maximum absolute atomic E-state index is 9.07. The van der Waals surface area contributed by atoms with Gasteiger partial charge >= 0.3 is 7.12 Å². The van der Waals surface area contributed by atoms with Gasteiger partial charge < -0.3 is 20.3 Å². The summed E-state index contributed by atoms with van der Waals surface area (Å²) < 4.78 is 1.81. The zero-order valence-corrected chi connectivity index (χ0v) is 11.6. The molecule has 3 rings (SSSR count). The zero-order chi connectivity index (χ0) is 15.0. The number of benzene rings is 1. The first kappa shape index (κ1) is 13.8. The van der Waals surface area contributed by atoms with Gasteiger partial charge in [-0.1, -0.05) is 35.9 Å². The number of rotatable bonds is 3. The van der Waals surface area contributed by atoms with Crippen LogP contribution in [0.4, 0.5) is 5.95 Å². The molecule has 0 aliphatic carbocycles. The number of halogens is 1. The summed E-state index contributed by atoms with van der Waals surface area (Å²) in [7, 11) is -1.47. The second-order valence-corrected chi connectivity index (χ2v) is 4.89. The average Bonchev–Trinajstić information content (AvgIpc) is 2.82. The van der Waals surface area contributed by atoms with E-state index in [4.69, 9.17) is 27.4 Å². The molecule has 9 heteroatoms. The van der Waals surface area contributed by atoms with Crippen LogP contribution in [-0.4, -0.2) is 36.7 Å². The maximum Gasteiger partial charge on any atom is 0.488 e. The van der Waals surface area contributed by atoms with Gasteiger partial charge in [-0.15, -0.1) is 0 Å². The molecule has 7 nitrogen and oxygen atoms in total.